The Labute approximate surface area is 104 Å². The zero-order chi connectivity index (χ0) is 13.0. The molecule has 0 unspecified atom stereocenters. The zero-order valence-corrected chi connectivity index (χ0v) is 10.2. The lowest BCUT2D eigenvalue weighted by molar-refractivity contribution is 0.0948. The van der Waals surface area contributed by atoms with E-state index in [4.69, 9.17) is 5.73 Å². The number of nitrogens with one attached hydrogen (secondary N) is 2. The van der Waals surface area contributed by atoms with Gasteiger partial charge in [0.25, 0.3) is 5.91 Å². The van der Waals surface area contributed by atoms with Gasteiger partial charge in [0.15, 0.2) is 5.69 Å². The molecule has 0 aliphatic carbocycles. The number of amides is 1. The lowest BCUT2D eigenvalue weighted by Crippen LogP contribution is -2.26. The van der Waals surface area contributed by atoms with Crippen LogP contribution in [0.4, 0.5) is 5.69 Å². The van der Waals surface area contributed by atoms with Gasteiger partial charge < -0.3 is 15.6 Å². The molecule has 0 spiro atoms. The average molecular weight is 248 g/mol. The summed E-state index contributed by atoms with van der Waals surface area (Å²) in [4.78, 5) is 15.7. The second-order valence-corrected chi connectivity index (χ2v) is 4.02. The number of carbonyl (C=O) groups excluding carboxylic acids is 1. The van der Waals surface area contributed by atoms with Crippen LogP contribution < -0.4 is 11.1 Å². The summed E-state index contributed by atoms with van der Waals surface area (Å²) < 4.78 is 1.96. The minimum absolute atomic E-state index is 0.248. The highest BCUT2D eigenvalue weighted by atomic mass is 16.1. The molecule has 0 saturated carbocycles. The number of nitrogens with zero attached hydrogens (tertiary/aromatic N) is 3. The van der Waals surface area contributed by atoms with Crippen molar-refractivity contribution in [2.24, 2.45) is 0 Å². The first-order valence-corrected chi connectivity index (χ1v) is 5.73. The maximum atomic E-state index is 11.7. The molecular weight excluding hydrogens is 232 g/mol. The van der Waals surface area contributed by atoms with Crippen molar-refractivity contribution in [2.45, 2.75) is 19.9 Å². The molecule has 0 aliphatic heterocycles. The van der Waals surface area contributed by atoms with Crippen molar-refractivity contribution in [3.05, 3.63) is 30.1 Å². The molecule has 0 atom stereocenters. The summed E-state index contributed by atoms with van der Waals surface area (Å²) >= 11 is 0. The molecule has 2 aromatic rings. The monoisotopic (exact) mass is 248 g/mol. The van der Waals surface area contributed by atoms with Crippen LogP contribution in [0.3, 0.4) is 0 Å². The number of aromatic amines is 1. The van der Waals surface area contributed by atoms with Crippen LogP contribution in [0.1, 0.15) is 22.6 Å². The Hall–Kier alpha value is -2.31. The molecule has 2 heterocycles. The number of anilines is 1. The fraction of sp³-hybridized carbons (Fsp3) is 0.364. The van der Waals surface area contributed by atoms with Crippen LogP contribution in [-0.2, 0) is 6.54 Å². The van der Waals surface area contributed by atoms with Gasteiger partial charge in [-0.1, -0.05) is 0 Å². The van der Waals surface area contributed by atoms with Gasteiger partial charge in [-0.2, -0.15) is 5.10 Å². The Morgan fingerprint density at radius 3 is 3.06 bits per heavy atom. The molecule has 1 amide bonds. The van der Waals surface area contributed by atoms with Gasteiger partial charge in [0.05, 0.1) is 17.7 Å². The van der Waals surface area contributed by atoms with Gasteiger partial charge in [-0.3, -0.25) is 9.89 Å². The highest BCUT2D eigenvalue weighted by Crippen LogP contribution is 2.11. The Bertz CT molecular complexity index is 516. The van der Waals surface area contributed by atoms with Gasteiger partial charge >= 0.3 is 0 Å². The first-order chi connectivity index (χ1) is 8.68. The topological polar surface area (TPSA) is 102 Å². The molecule has 4 N–H and O–H groups in total. The Morgan fingerprint density at radius 1 is 1.61 bits per heavy atom. The van der Waals surface area contributed by atoms with Crippen LogP contribution in [0.25, 0.3) is 0 Å². The molecule has 7 heteroatoms. The number of aromatic nitrogens is 4. The normalized spacial score (nSPS) is 10.5. The predicted molar refractivity (Wildman–Crippen MR) is 66.9 cm³/mol. The largest absolute Gasteiger partial charge is 0.395 e. The third kappa shape index (κ3) is 2.68. The Kier molecular flexibility index (Phi) is 3.61. The Balaban J connectivity index is 1.77. The second kappa shape index (κ2) is 5.35. The van der Waals surface area contributed by atoms with E-state index in [1.165, 1.54) is 0 Å². The van der Waals surface area contributed by atoms with Gasteiger partial charge in [0.1, 0.15) is 0 Å². The first kappa shape index (κ1) is 12.2. The van der Waals surface area contributed by atoms with Gasteiger partial charge in [0, 0.05) is 25.5 Å². The number of rotatable bonds is 5. The second-order valence-electron chi connectivity index (χ2n) is 4.02. The van der Waals surface area contributed by atoms with Crippen LogP contribution in [0.5, 0.6) is 0 Å². The molecule has 96 valence electrons. The molecule has 0 bridgehead atoms. The molecule has 7 nitrogen and oxygen atoms in total. The van der Waals surface area contributed by atoms with Crippen LogP contribution >= 0.6 is 0 Å². The fourth-order valence-corrected chi connectivity index (χ4v) is 1.58. The summed E-state index contributed by atoms with van der Waals surface area (Å²) in [6, 6.07) is 0. The van der Waals surface area contributed by atoms with Crippen LogP contribution in [0.15, 0.2) is 18.7 Å². The van der Waals surface area contributed by atoms with Crippen molar-refractivity contribution in [3.63, 3.8) is 0 Å². The summed E-state index contributed by atoms with van der Waals surface area (Å²) in [5, 5.41) is 9.33. The molecule has 2 aromatic heterocycles. The van der Waals surface area contributed by atoms with Crippen LogP contribution in [-0.4, -0.2) is 32.2 Å². The quantitative estimate of drug-likeness (QED) is 0.663. The summed E-state index contributed by atoms with van der Waals surface area (Å²) in [5.41, 5.74) is 7.09. The number of carbonyl (C=O) groups is 1. The zero-order valence-electron chi connectivity index (χ0n) is 10.2. The number of nitrogen functional groups attached to an aromatic ring is 1. The minimum atomic E-state index is -0.248. The van der Waals surface area contributed by atoms with E-state index < -0.39 is 0 Å². The lowest BCUT2D eigenvalue weighted by atomic mass is 10.3. The number of aryl methyl sites for hydroxylation is 2. The summed E-state index contributed by atoms with van der Waals surface area (Å²) in [6.45, 7) is 3.16. The minimum Gasteiger partial charge on any atom is -0.395 e. The molecule has 0 aliphatic rings. The van der Waals surface area contributed by atoms with E-state index in [-0.39, 0.29) is 11.6 Å². The number of hydrogen-bond donors (Lipinski definition) is 3. The number of nitrogens with two attached hydrogens (primary N) is 1. The molecule has 0 fully saturated rings. The van der Waals surface area contributed by atoms with E-state index in [0.717, 1.165) is 13.0 Å². The molecule has 0 radical (unpaired) electrons. The molecular formula is C11H16N6O. The summed E-state index contributed by atoms with van der Waals surface area (Å²) in [5.74, 6) is -0.248. The first-order valence-electron chi connectivity index (χ1n) is 5.73. The van der Waals surface area contributed by atoms with Gasteiger partial charge in [0.2, 0.25) is 0 Å². The molecule has 0 saturated heterocycles. The van der Waals surface area contributed by atoms with E-state index >= 15 is 0 Å². The average Bonchev–Trinajstić information content (AvgIpc) is 2.97. The number of H-pyrrole nitrogens is 1. The fourth-order valence-electron chi connectivity index (χ4n) is 1.58. The predicted octanol–water partition coefficient (Wildman–Crippen LogP) is 0.317. The molecule has 18 heavy (non-hydrogen) atoms. The van der Waals surface area contributed by atoms with Crippen molar-refractivity contribution >= 4 is 11.6 Å². The van der Waals surface area contributed by atoms with Crippen molar-refractivity contribution in [1.29, 1.82) is 0 Å². The maximum Gasteiger partial charge on any atom is 0.273 e. The van der Waals surface area contributed by atoms with Crippen LogP contribution in [0.2, 0.25) is 0 Å². The summed E-state index contributed by atoms with van der Waals surface area (Å²) in [7, 11) is 0. The van der Waals surface area contributed by atoms with Crippen molar-refractivity contribution in [3.8, 4) is 0 Å². The van der Waals surface area contributed by atoms with Crippen LogP contribution in [0, 0.1) is 6.92 Å². The van der Waals surface area contributed by atoms with E-state index in [0.29, 0.717) is 17.9 Å². The van der Waals surface area contributed by atoms with E-state index in [9.17, 15) is 4.79 Å². The lowest BCUT2D eigenvalue weighted by Gasteiger charge is -2.04. The van der Waals surface area contributed by atoms with Crippen molar-refractivity contribution in [1.82, 2.24) is 25.1 Å². The summed E-state index contributed by atoms with van der Waals surface area (Å²) in [6.07, 6.45) is 6.19. The molecule has 0 aromatic carbocycles. The third-order valence-corrected chi connectivity index (χ3v) is 2.65. The van der Waals surface area contributed by atoms with Gasteiger partial charge in [-0.05, 0) is 13.3 Å². The highest BCUT2D eigenvalue weighted by Gasteiger charge is 2.14. The van der Waals surface area contributed by atoms with Crippen molar-refractivity contribution in [2.75, 3.05) is 12.3 Å². The highest BCUT2D eigenvalue weighted by molar-refractivity contribution is 5.97. The molecule has 2 rings (SSSR count). The van der Waals surface area contributed by atoms with Gasteiger partial charge in [-0.15, -0.1) is 0 Å². The van der Waals surface area contributed by atoms with E-state index in [1.807, 2.05) is 10.8 Å². The standard InChI is InChI=1S/C11H16N6O/c1-8-9(12)10(16-15-8)11(18)14-3-2-5-17-6-4-13-7-17/h4,6-7H,2-3,5,12H2,1H3,(H,14,18)(H,15,16). The van der Waals surface area contributed by atoms with Crippen molar-refractivity contribution < 1.29 is 4.79 Å². The SMILES string of the molecule is Cc1[nH]nc(C(=O)NCCCn2ccnc2)c1N. The van der Waals surface area contributed by atoms with E-state index in [1.54, 1.807) is 19.4 Å². The third-order valence-electron chi connectivity index (χ3n) is 2.65. The Morgan fingerprint density at radius 2 is 2.44 bits per heavy atom. The smallest absolute Gasteiger partial charge is 0.273 e. The number of imidazole rings is 1. The van der Waals surface area contributed by atoms with E-state index in [2.05, 4.69) is 20.5 Å². The maximum absolute atomic E-state index is 11.7. The number of hydrogen-bond acceptors (Lipinski definition) is 4. The van der Waals surface area contributed by atoms with Gasteiger partial charge in [-0.25, -0.2) is 4.98 Å².